The van der Waals surface area contributed by atoms with E-state index in [9.17, 15) is 4.79 Å². The number of H-pyrrole nitrogens is 1. The van der Waals surface area contributed by atoms with E-state index in [2.05, 4.69) is 52.7 Å². The normalized spacial score (nSPS) is 21.3. The van der Waals surface area contributed by atoms with Gasteiger partial charge in [-0.25, -0.2) is 4.79 Å². The van der Waals surface area contributed by atoms with Crippen LogP contribution in [0.4, 0.5) is 10.5 Å². The smallest absolute Gasteiger partial charge is 0.319 e. The number of benzene rings is 1. The molecule has 0 unspecified atom stereocenters. The first-order chi connectivity index (χ1) is 13.4. The molecule has 1 aliphatic carbocycles. The summed E-state index contributed by atoms with van der Waals surface area (Å²) in [6.45, 7) is 6.41. The van der Waals surface area contributed by atoms with E-state index in [4.69, 9.17) is 0 Å². The summed E-state index contributed by atoms with van der Waals surface area (Å²) in [5.41, 5.74) is 5.76. The predicted molar refractivity (Wildman–Crippen MR) is 113 cm³/mol. The highest BCUT2D eigenvalue weighted by Gasteiger charge is 2.29. The first-order valence-corrected chi connectivity index (χ1v) is 10.3. The van der Waals surface area contributed by atoms with Crippen molar-refractivity contribution in [2.75, 3.05) is 25.5 Å². The van der Waals surface area contributed by atoms with Crippen molar-refractivity contribution in [2.45, 2.75) is 52.0 Å². The summed E-state index contributed by atoms with van der Waals surface area (Å²) in [4.78, 5) is 14.6. The van der Waals surface area contributed by atoms with Crippen LogP contribution in [-0.4, -0.2) is 47.3 Å². The van der Waals surface area contributed by atoms with Crippen LogP contribution in [0.5, 0.6) is 0 Å². The number of hydrogen-bond donors (Lipinski definition) is 3. The highest BCUT2D eigenvalue weighted by Crippen LogP contribution is 2.38. The lowest BCUT2D eigenvalue weighted by molar-refractivity contribution is 0.245. The van der Waals surface area contributed by atoms with Gasteiger partial charge in [0.05, 0.1) is 5.69 Å². The third-order valence-electron chi connectivity index (χ3n) is 6.22. The lowest BCUT2D eigenvalue weighted by Crippen LogP contribution is -2.40. The zero-order valence-corrected chi connectivity index (χ0v) is 17.1. The van der Waals surface area contributed by atoms with Gasteiger partial charge in [-0.2, -0.15) is 5.10 Å². The summed E-state index contributed by atoms with van der Waals surface area (Å²) in [5, 5.41) is 13.8. The lowest BCUT2D eigenvalue weighted by Gasteiger charge is -2.29. The maximum absolute atomic E-state index is 12.3. The van der Waals surface area contributed by atoms with Gasteiger partial charge in [0.2, 0.25) is 0 Å². The average Bonchev–Trinajstić information content (AvgIpc) is 3.25. The van der Waals surface area contributed by atoms with E-state index in [1.807, 2.05) is 18.2 Å². The van der Waals surface area contributed by atoms with Crippen LogP contribution in [0.2, 0.25) is 0 Å². The van der Waals surface area contributed by atoms with Crippen molar-refractivity contribution in [3.8, 4) is 11.3 Å². The van der Waals surface area contributed by atoms with Crippen molar-refractivity contribution in [3.63, 3.8) is 0 Å². The molecule has 1 saturated heterocycles. The van der Waals surface area contributed by atoms with Gasteiger partial charge in [-0.3, -0.25) is 5.10 Å². The summed E-state index contributed by atoms with van der Waals surface area (Å²) >= 11 is 0. The molecule has 2 aliphatic rings. The van der Waals surface area contributed by atoms with Crippen molar-refractivity contribution in [1.82, 2.24) is 20.4 Å². The SMILES string of the molecule is CN1CCC[C@H]1CNC(=O)Nc1cccc(-c2n[nH]c3c2CCC(C)(C)C3)c1. The molecule has 2 heterocycles. The van der Waals surface area contributed by atoms with Crippen LogP contribution in [0, 0.1) is 5.41 Å². The van der Waals surface area contributed by atoms with E-state index in [0.717, 1.165) is 42.8 Å². The largest absolute Gasteiger partial charge is 0.336 e. The number of rotatable bonds is 4. The number of nitrogens with one attached hydrogen (secondary N) is 3. The van der Waals surface area contributed by atoms with Crippen molar-refractivity contribution >= 4 is 11.7 Å². The van der Waals surface area contributed by atoms with Crippen LogP contribution in [0.1, 0.15) is 44.4 Å². The third-order valence-corrected chi connectivity index (χ3v) is 6.22. The van der Waals surface area contributed by atoms with Gasteiger partial charge >= 0.3 is 6.03 Å². The maximum Gasteiger partial charge on any atom is 0.319 e. The van der Waals surface area contributed by atoms with Gasteiger partial charge < -0.3 is 15.5 Å². The van der Waals surface area contributed by atoms with E-state index >= 15 is 0 Å². The van der Waals surface area contributed by atoms with Crippen LogP contribution in [0.15, 0.2) is 24.3 Å². The van der Waals surface area contributed by atoms with E-state index < -0.39 is 0 Å². The third kappa shape index (κ3) is 4.07. The van der Waals surface area contributed by atoms with Crippen molar-refractivity contribution in [1.29, 1.82) is 0 Å². The van der Waals surface area contributed by atoms with Crippen LogP contribution in [0.25, 0.3) is 11.3 Å². The Morgan fingerprint density at radius 1 is 1.39 bits per heavy atom. The van der Waals surface area contributed by atoms with E-state index in [0.29, 0.717) is 18.0 Å². The van der Waals surface area contributed by atoms with Crippen molar-refractivity contribution in [2.24, 2.45) is 5.41 Å². The van der Waals surface area contributed by atoms with E-state index in [1.165, 1.54) is 24.1 Å². The number of aromatic amines is 1. The molecule has 28 heavy (non-hydrogen) atoms. The second-order valence-corrected chi connectivity index (χ2v) is 9.06. The zero-order valence-electron chi connectivity index (χ0n) is 17.1. The highest BCUT2D eigenvalue weighted by atomic mass is 16.2. The highest BCUT2D eigenvalue weighted by molar-refractivity contribution is 5.90. The minimum absolute atomic E-state index is 0.150. The number of amides is 2. The number of carbonyl (C=O) groups excluding carboxylic acids is 1. The second-order valence-electron chi connectivity index (χ2n) is 9.06. The lowest BCUT2D eigenvalue weighted by atomic mass is 9.76. The first kappa shape index (κ1) is 19.0. The molecule has 0 bridgehead atoms. The minimum atomic E-state index is -0.150. The van der Waals surface area contributed by atoms with Crippen LogP contribution < -0.4 is 10.6 Å². The number of nitrogens with zero attached hydrogens (tertiary/aromatic N) is 2. The Kier molecular flexibility index (Phi) is 5.15. The number of carbonyl (C=O) groups is 1. The molecule has 2 aromatic rings. The van der Waals surface area contributed by atoms with Gasteiger partial charge in [0.25, 0.3) is 0 Å². The molecule has 0 saturated carbocycles. The average molecular weight is 382 g/mol. The number of likely N-dealkylation sites (tertiary alicyclic amines) is 1. The van der Waals surface area contributed by atoms with Gasteiger partial charge in [0.1, 0.15) is 0 Å². The predicted octanol–water partition coefficient (Wildman–Crippen LogP) is 3.81. The fourth-order valence-corrected chi connectivity index (χ4v) is 4.45. The molecule has 0 radical (unpaired) electrons. The number of anilines is 1. The summed E-state index contributed by atoms with van der Waals surface area (Å²) in [6.07, 6.45) is 5.60. The fraction of sp³-hybridized carbons (Fsp3) is 0.545. The number of urea groups is 1. The van der Waals surface area contributed by atoms with Gasteiger partial charge in [0.15, 0.2) is 0 Å². The van der Waals surface area contributed by atoms with Crippen LogP contribution in [-0.2, 0) is 12.8 Å². The molecule has 6 nitrogen and oxygen atoms in total. The Bertz CT molecular complexity index is 856. The monoisotopic (exact) mass is 381 g/mol. The Morgan fingerprint density at radius 2 is 2.25 bits per heavy atom. The molecule has 3 N–H and O–H groups in total. The summed E-state index contributed by atoms with van der Waals surface area (Å²) < 4.78 is 0. The number of hydrogen-bond acceptors (Lipinski definition) is 3. The first-order valence-electron chi connectivity index (χ1n) is 10.3. The molecule has 0 spiro atoms. The Hall–Kier alpha value is -2.34. The topological polar surface area (TPSA) is 73.1 Å². The molecule has 4 rings (SSSR count). The van der Waals surface area contributed by atoms with Gasteiger partial charge in [-0.1, -0.05) is 26.0 Å². The fourth-order valence-electron chi connectivity index (χ4n) is 4.45. The van der Waals surface area contributed by atoms with Crippen LogP contribution >= 0.6 is 0 Å². The van der Waals surface area contributed by atoms with E-state index in [1.54, 1.807) is 0 Å². The maximum atomic E-state index is 12.3. The molecule has 1 aromatic carbocycles. The van der Waals surface area contributed by atoms with E-state index in [-0.39, 0.29) is 6.03 Å². The molecule has 1 atom stereocenters. The number of likely N-dealkylation sites (N-methyl/N-ethyl adjacent to an activating group) is 1. The molecule has 1 aliphatic heterocycles. The van der Waals surface area contributed by atoms with Gasteiger partial charge in [-0.15, -0.1) is 0 Å². The molecule has 6 heteroatoms. The minimum Gasteiger partial charge on any atom is -0.336 e. The summed E-state index contributed by atoms with van der Waals surface area (Å²) in [6, 6.07) is 8.26. The molecule has 2 amide bonds. The number of fused-ring (bicyclic) bond motifs is 1. The zero-order chi connectivity index (χ0) is 19.7. The number of aromatic nitrogens is 2. The van der Waals surface area contributed by atoms with Gasteiger partial charge in [-0.05, 0) is 63.2 Å². The summed E-state index contributed by atoms with van der Waals surface area (Å²) in [5.74, 6) is 0. The Balaban J connectivity index is 1.42. The Morgan fingerprint density at radius 3 is 3.04 bits per heavy atom. The molecule has 150 valence electrons. The second kappa shape index (κ2) is 7.59. The summed E-state index contributed by atoms with van der Waals surface area (Å²) in [7, 11) is 2.12. The van der Waals surface area contributed by atoms with Crippen LogP contribution in [0.3, 0.4) is 0 Å². The standard InChI is InChI=1S/C22H31N5O/c1-22(2)10-9-18-19(13-22)25-26-20(18)15-6-4-7-16(12-15)24-21(28)23-14-17-8-5-11-27(17)3/h4,6-7,12,17H,5,8-11,13-14H2,1-3H3,(H,25,26)(H2,23,24,28)/t17-/m0/s1. The molecular formula is C22H31N5O. The molecule has 1 aromatic heterocycles. The quantitative estimate of drug-likeness (QED) is 0.754. The molecule has 1 fully saturated rings. The molecular weight excluding hydrogens is 350 g/mol. The van der Waals surface area contributed by atoms with Crippen molar-refractivity contribution < 1.29 is 4.79 Å². The van der Waals surface area contributed by atoms with Crippen molar-refractivity contribution in [3.05, 3.63) is 35.5 Å². The van der Waals surface area contributed by atoms with Gasteiger partial charge in [0, 0.05) is 35.1 Å². The Labute approximate surface area is 167 Å².